The molecule has 2 saturated heterocycles. The van der Waals surface area contributed by atoms with Crippen LogP contribution in [-0.2, 0) is 11.3 Å². The molecule has 1 amide bonds. The van der Waals surface area contributed by atoms with E-state index < -0.39 is 0 Å². The second kappa shape index (κ2) is 6.26. The van der Waals surface area contributed by atoms with E-state index in [1.54, 1.807) is 18.7 Å². The van der Waals surface area contributed by atoms with Crippen LogP contribution in [0.1, 0.15) is 28.1 Å². The number of thioether (sulfide) groups is 1. The van der Waals surface area contributed by atoms with Crippen molar-refractivity contribution in [3.8, 4) is 0 Å². The first-order chi connectivity index (χ1) is 11.7. The van der Waals surface area contributed by atoms with Crippen molar-refractivity contribution >= 4 is 17.7 Å². The van der Waals surface area contributed by atoms with Crippen molar-refractivity contribution in [2.75, 3.05) is 18.8 Å². The van der Waals surface area contributed by atoms with E-state index in [1.165, 1.54) is 0 Å². The lowest BCUT2D eigenvalue weighted by molar-refractivity contribution is 0.0243. The number of hydrogen-bond acceptors (Lipinski definition) is 5. The van der Waals surface area contributed by atoms with Crippen LogP contribution >= 0.6 is 11.8 Å². The molecule has 4 rings (SSSR count). The fourth-order valence-electron chi connectivity index (χ4n) is 3.35. The number of hydrogen-bond donors (Lipinski definition) is 0. The number of carbonyl (C=O) groups is 1. The summed E-state index contributed by atoms with van der Waals surface area (Å²) >= 11 is 1.94. The van der Waals surface area contributed by atoms with Crippen molar-refractivity contribution in [1.29, 1.82) is 0 Å². The average Bonchev–Trinajstić information content (AvgIpc) is 3.18. The molecule has 0 aliphatic carbocycles. The minimum Gasteiger partial charge on any atom is -0.459 e. The highest BCUT2D eigenvalue weighted by Gasteiger charge is 2.51. The number of ether oxygens (including phenoxy) is 1. The second-order valence-corrected chi connectivity index (χ2v) is 8.07. The fraction of sp³-hybridized carbons (Fsp3) is 0.444. The van der Waals surface area contributed by atoms with Crippen LogP contribution in [0.5, 0.6) is 0 Å². The summed E-state index contributed by atoms with van der Waals surface area (Å²) in [4.78, 5) is 18.3. The van der Waals surface area contributed by atoms with Crippen LogP contribution in [0.2, 0.25) is 0 Å². The van der Waals surface area contributed by atoms with Crippen LogP contribution in [0, 0.1) is 6.92 Å². The van der Waals surface area contributed by atoms with Gasteiger partial charge in [0.05, 0.1) is 23.7 Å². The zero-order valence-corrected chi connectivity index (χ0v) is 14.4. The highest BCUT2D eigenvalue weighted by Crippen LogP contribution is 2.46. The maximum Gasteiger partial charge on any atom is 0.289 e. The van der Waals surface area contributed by atoms with Gasteiger partial charge in [-0.15, -0.1) is 11.8 Å². The molecule has 2 aromatic heterocycles. The Hall–Kier alpha value is -1.79. The second-order valence-electron chi connectivity index (χ2n) is 6.58. The Kier molecular flexibility index (Phi) is 4.10. The number of amides is 1. The number of aryl methyl sites for hydroxylation is 1. The Balaban J connectivity index is 1.29. The molecule has 2 fully saturated rings. The van der Waals surface area contributed by atoms with Gasteiger partial charge in [0.15, 0.2) is 5.76 Å². The van der Waals surface area contributed by atoms with Crippen molar-refractivity contribution in [3.63, 3.8) is 0 Å². The summed E-state index contributed by atoms with van der Waals surface area (Å²) in [7, 11) is 0. The number of nitrogens with zero attached hydrogens (tertiary/aromatic N) is 2. The van der Waals surface area contributed by atoms with Crippen LogP contribution in [0.25, 0.3) is 0 Å². The molecule has 4 heterocycles. The third kappa shape index (κ3) is 2.96. The largest absolute Gasteiger partial charge is 0.459 e. The third-order valence-electron chi connectivity index (χ3n) is 4.71. The quantitative estimate of drug-likeness (QED) is 0.854. The Morgan fingerprint density at radius 3 is 2.92 bits per heavy atom. The molecule has 2 aliphatic rings. The van der Waals surface area contributed by atoms with Crippen molar-refractivity contribution in [3.05, 3.63) is 53.7 Å². The summed E-state index contributed by atoms with van der Waals surface area (Å²) in [6.45, 7) is 4.09. The monoisotopic (exact) mass is 344 g/mol. The highest BCUT2D eigenvalue weighted by atomic mass is 32.2. The van der Waals surface area contributed by atoms with Gasteiger partial charge in [-0.1, -0.05) is 0 Å². The molecule has 0 saturated carbocycles. The number of aromatic nitrogens is 1. The summed E-state index contributed by atoms with van der Waals surface area (Å²) in [5.41, 5.74) is 2.05. The molecule has 1 atom stereocenters. The standard InChI is InChI=1S/C18H20N2O3S/c1-13-4-7-22-16(13)17(21)20-11-18(12-20)8-15(10-24-18)23-9-14-2-5-19-6-3-14/h2-7,15H,8-12H2,1H3/t15-/m1/s1. The van der Waals surface area contributed by atoms with E-state index in [-0.39, 0.29) is 16.8 Å². The molecule has 0 N–H and O–H groups in total. The first kappa shape index (κ1) is 15.7. The highest BCUT2D eigenvalue weighted by molar-refractivity contribution is 8.01. The van der Waals surface area contributed by atoms with Gasteiger partial charge >= 0.3 is 0 Å². The van der Waals surface area contributed by atoms with E-state index in [2.05, 4.69) is 4.98 Å². The Morgan fingerprint density at radius 1 is 1.42 bits per heavy atom. The molecule has 2 aromatic rings. The summed E-state index contributed by atoms with van der Waals surface area (Å²) in [5, 5.41) is 0. The van der Waals surface area contributed by atoms with E-state index in [0.717, 1.165) is 36.4 Å². The van der Waals surface area contributed by atoms with Crippen molar-refractivity contribution in [2.24, 2.45) is 0 Å². The molecule has 1 spiro atoms. The normalized spacial score (nSPS) is 21.9. The summed E-state index contributed by atoms with van der Waals surface area (Å²) in [6, 6.07) is 5.79. The van der Waals surface area contributed by atoms with Gasteiger partial charge in [-0.05, 0) is 37.1 Å². The number of pyridine rings is 1. The molecule has 0 unspecified atom stereocenters. The zero-order chi connectivity index (χ0) is 16.6. The Labute approximate surface area is 145 Å². The van der Waals surface area contributed by atoms with E-state index in [9.17, 15) is 4.79 Å². The molecule has 2 aliphatic heterocycles. The molecule has 0 bridgehead atoms. The third-order valence-corrected chi connectivity index (χ3v) is 6.29. The lowest BCUT2D eigenvalue weighted by Crippen LogP contribution is -2.60. The number of rotatable bonds is 4. The molecule has 6 heteroatoms. The van der Waals surface area contributed by atoms with Gasteiger partial charge in [0, 0.05) is 36.8 Å². The van der Waals surface area contributed by atoms with Gasteiger partial charge in [0.1, 0.15) is 0 Å². The number of carbonyl (C=O) groups excluding carboxylic acids is 1. The van der Waals surface area contributed by atoms with E-state index >= 15 is 0 Å². The minimum atomic E-state index is 0.00452. The maximum atomic E-state index is 12.4. The molecule has 0 aromatic carbocycles. The molecule has 24 heavy (non-hydrogen) atoms. The van der Waals surface area contributed by atoms with Gasteiger partial charge in [-0.25, -0.2) is 0 Å². The van der Waals surface area contributed by atoms with Gasteiger partial charge in [-0.2, -0.15) is 0 Å². The molecule has 5 nitrogen and oxygen atoms in total. The summed E-state index contributed by atoms with van der Waals surface area (Å²) in [5.74, 6) is 1.47. The van der Waals surface area contributed by atoms with Crippen LogP contribution in [0.4, 0.5) is 0 Å². The van der Waals surface area contributed by atoms with Crippen molar-refractivity contribution in [1.82, 2.24) is 9.88 Å². The number of likely N-dealkylation sites (tertiary alicyclic amines) is 1. The van der Waals surface area contributed by atoms with Crippen molar-refractivity contribution < 1.29 is 13.9 Å². The molecular weight excluding hydrogens is 324 g/mol. The molecule has 126 valence electrons. The molecule has 0 radical (unpaired) electrons. The van der Waals surface area contributed by atoms with Gasteiger partial charge in [-0.3, -0.25) is 9.78 Å². The van der Waals surface area contributed by atoms with Crippen molar-refractivity contribution in [2.45, 2.75) is 30.8 Å². The predicted molar refractivity (Wildman–Crippen MR) is 92.0 cm³/mol. The lowest BCUT2D eigenvalue weighted by atomic mass is 9.92. The van der Waals surface area contributed by atoms with Gasteiger partial charge in [0.25, 0.3) is 5.91 Å². The lowest BCUT2D eigenvalue weighted by Gasteiger charge is -2.47. The van der Waals surface area contributed by atoms with Gasteiger partial charge < -0.3 is 14.1 Å². The van der Waals surface area contributed by atoms with Crippen LogP contribution < -0.4 is 0 Å². The van der Waals surface area contributed by atoms with Crippen LogP contribution in [0.15, 0.2) is 41.3 Å². The van der Waals surface area contributed by atoms with E-state index in [1.807, 2.05) is 41.8 Å². The maximum absolute atomic E-state index is 12.4. The van der Waals surface area contributed by atoms with Gasteiger partial charge in [0.2, 0.25) is 0 Å². The molecular formula is C18H20N2O3S. The predicted octanol–water partition coefficient (Wildman–Crippen LogP) is 2.90. The average molecular weight is 344 g/mol. The number of furan rings is 1. The van der Waals surface area contributed by atoms with E-state index in [4.69, 9.17) is 9.15 Å². The smallest absolute Gasteiger partial charge is 0.289 e. The topological polar surface area (TPSA) is 55.6 Å². The Bertz CT molecular complexity index is 725. The van der Waals surface area contributed by atoms with E-state index in [0.29, 0.717) is 12.4 Å². The van der Waals surface area contributed by atoms with Crippen LogP contribution in [-0.4, -0.2) is 45.5 Å². The minimum absolute atomic E-state index is 0.00452. The van der Waals surface area contributed by atoms with Crippen LogP contribution in [0.3, 0.4) is 0 Å². The first-order valence-corrected chi connectivity index (χ1v) is 9.12. The SMILES string of the molecule is Cc1ccoc1C(=O)N1CC2(C[C@@H](OCc3ccncc3)CS2)C1. The Morgan fingerprint density at radius 2 is 2.21 bits per heavy atom. The summed E-state index contributed by atoms with van der Waals surface area (Å²) in [6.07, 6.45) is 6.41. The summed E-state index contributed by atoms with van der Waals surface area (Å²) < 4.78 is 11.5. The zero-order valence-electron chi connectivity index (χ0n) is 13.6. The first-order valence-electron chi connectivity index (χ1n) is 8.13. The fourth-order valence-corrected chi connectivity index (χ4v) is 4.90.